The van der Waals surface area contributed by atoms with Crippen LogP contribution in [-0.4, -0.2) is 38.0 Å². The molecule has 2 aromatic carbocycles. The van der Waals surface area contributed by atoms with Crippen molar-refractivity contribution < 1.29 is 18.0 Å². The second-order valence-electron chi connectivity index (χ2n) is 8.03. The van der Waals surface area contributed by atoms with Crippen LogP contribution in [0, 0.1) is 5.92 Å². The molecule has 0 saturated heterocycles. The number of carbonyl (C=O) groups is 2. The molecule has 3 aromatic rings. The highest BCUT2D eigenvalue weighted by Crippen LogP contribution is 2.28. The van der Waals surface area contributed by atoms with Gasteiger partial charge in [-0.15, -0.1) is 0 Å². The monoisotopic (exact) mass is 483 g/mol. The van der Waals surface area contributed by atoms with Crippen molar-refractivity contribution in [3.63, 3.8) is 0 Å². The fourth-order valence-corrected chi connectivity index (χ4v) is 4.20. The molecule has 2 N–H and O–H groups in total. The maximum Gasteiger partial charge on any atom is 0.257 e. The molecule has 0 spiro atoms. The molecule has 2 amide bonds. The molecule has 1 aliphatic carbocycles. The number of hydrogen-bond acceptors (Lipinski definition) is 5. The Balaban J connectivity index is 1.46. The molecule has 4 rings (SSSR count). The van der Waals surface area contributed by atoms with Crippen LogP contribution in [0.1, 0.15) is 33.6 Å². The van der Waals surface area contributed by atoms with E-state index in [2.05, 4.69) is 15.6 Å². The number of halogens is 1. The molecule has 1 heterocycles. The van der Waals surface area contributed by atoms with Gasteiger partial charge < -0.3 is 10.6 Å². The Hall–Kier alpha value is -3.23. The van der Waals surface area contributed by atoms with Crippen LogP contribution in [0.5, 0.6) is 0 Å². The third-order valence-corrected chi connectivity index (χ3v) is 6.73. The summed E-state index contributed by atoms with van der Waals surface area (Å²) in [7, 11) is -3.42. The van der Waals surface area contributed by atoms with Crippen LogP contribution in [0.15, 0.2) is 65.7 Å². The summed E-state index contributed by atoms with van der Waals surface area (Å²) >= 11 is 6.14. The first-order valence-corrected chi connectivity index (χ1v) is 12.6. The Bertz CT molecular complexity index is 1320. The van der Waals surface area contributed by atoms with Gasteiger partial charge in [-0.1, -0.05) is 23.7 Å². The quantitative estimate of drug-likeness (QED) is 0.524. The summed E-state index contributed by atoms with van der Waals surface area (Å²) in [5.41, 5.74) is 2.59. The fourth-order valence-electron chi connectivity index (χ4n) is 3.23. The number of hydrogen-bond donors (Lipinski definition) is 2. The minimum Gasteiger partial charge on any atom is -0.352 e. The Kier molecular flexibility index (Phi) is 6.49. The number of sulfone groups is 1. The van der Waals surface area contributed by atoms with Gasteiger partial charge in [0.15, 0.2) is 9.84 Å². The van der Waals surface area contributed by atoms with Crippen molar-refractivity contribution in [1.29, 1.82) is 0 Å². The molecule has 1 aromatic heterocycles. The zero-order chi connectivity index (χ0) is 23.6. The molecule has 1 saturated carbocycles. The fraction of sp³-hybridized carbons (Fsp3) is 0.208. The van der Waals surface area contributed by atoms with E-state index in [-0.39, 0.29) is 21.4 Å². The summed E-state index contributed by atoms with van der Waals surface area (Å²) in [6.45, 7) is 0.698. The van der Waals surface area contributed by atoms with E-state index in [4.69, 9.17) is 11.6 Å². The minimum atomic E-state index is -3.42. The van der Waals surface area contributed by atoms with Crippen molar-refractivity contribution in [3.8, 4) is 11.3 Å². The summed E-state index contributed by atoms with van der Waals surface area (Å²) in [5.74, 6) is 0.000195. The van der Waals surface area contributed by atoms with E-state index in [1.165, 1.54) is 37.2 Å². The van der Waals surface area contributed by atoms with Crippen molar-refractivity contribution in [1.82, 2.24) is 10.3 Å². The lowest BCUT2D eigenvalue weighted by Gasteiger charge is -2.10. The molecule has 0 atom stereocenters. The molecule has 1 fully saturated rings. The minimum absolute atomic E-state index is 0.0433. The number of amides is 2. The van der Waals surface area contributed by atoms with E-state index in [1.807, 2.05) is 6.07 Å². The Morgan fingerprint density at radius 2 is 1.85 bits per heavy atom. The lowest BCUT2D eigenvalue weighted by Crippen LogP contribution is -2.25. The highest BCUT2D eigenvalue weighted by molar-refractivity contribution is 7.90. The van der Waals surface area contributed by atoms with Gasteiger partial charge in [0.2, 0.25) is 0 Å². The number of pyridine rings is 1. The number of carbonyl (C=O) groups excluding carboxylic acids is 2. The molecule has 7 nitrogen and oxygen atoms in total. The van der Waals surface area contributed by atoms with Crippen molar-refractivity contribution in [3.05, 3.63) is 76.9 Å². The Morgan fingerprint density at radius 1 is 1.06 bits per heavy atom. The van der Waals surface area contributed by atoms with Gasteiger partial charge in [-0.05, 0) is 61.2 Å². The van der Waals surface area contributed by atoms with Crippen LogP contribution in [0.3, 0.4) is 0 Å². The third-order valence-electron chi connectivity index (χ3n) is 5.30. The molecule has 0 unspecified atom stereocenters. The number of nitrogens with zero attached hydrogens (tertiary/aromatic N) is 1. The van der Waals surface area contributed by atoms with Crippen LogP contribution >= 0.6 is 11.6 Å². The van der Waals surface area contributed by atoms with E-state index < -0.39 is 15.7 Å². The van der Waals surface area contributed by atoms with Gasteiger partial charge in [-0.3, -0.25) is 14.6 Å². The van der Waals surface area contributed by atoms with Gasteiger partial charge >= 0.3 is 0 Å². The average Bonchev–Trinajstić information content (AvgIpc) is 3.61. The normalized spacial score (nSPS) is 13.4. The smallest absolute Gasteiger partial charge is 0.257 e. The van der Waals surface area contributed by atoms with Gasteiger partial charge in [0, 0.05) is 30.2 Å². The molecule has 0 aliphatic heterocycles. The van der Waals surface area contributed by atoms with Crippen molar-refractivity contribution in [2.24, 2.45) is 5.92 Å². The lowest BCUT2D eigenvalue weighted by molar-refractivity contribution is 0.0950. The molecule has 0 bridgehead atoms. The molecule has 33 heavy (non-hydrogen) atoms. The van der Waals surface area contributed by atoms with E-state index in [0.717, 1.165) is 11.8 Å². The van der Waals surface area contributed by atoms with Crippen LogP contribution < -0.4 is 10.6 Å². The van der Waals surface area contributed by atoms with Gasteiger partial charge in [0.05, 0.1) is 26.7 Å². The summed E-state index contributed by atoms with van der Waals surface area (Å²) in [6.07, 6.45) is 4.95. The number of rotatable bonds is 7. The molecule has 1 aliphatic rings. The van der Waals surface area contributed by atoms with Gasteiger partial charge in [-0.25, -0.2) is 8.42 Å². The first-order chi connectivity index (χ1) is 15.7. The zero-order valence-corrected chi connectivity index (χ0v) is 19.4. The highest BCUT2D eigenvalue weighted by Gasteiger charge is 2.22. The van der Waals surface area contributed by atoms with Crippen molar-refractivity contribution in [2.75, 3.05) is 18.1 Å². The summed E-state index contributed by atoms with van der Waals surface area (Å²) in [4.78, 5) is 29.3. The third kappa shape index (κ3) is 5.77. The maximum absolute atomic E-state index is 12.7. The number of benzene rings is 2. The Morgan fingerprint density at radius 3 is 2.48 bits per heavy atom. The summed E-state index contributed by atoms with van der Waals surface area (Å²) < 4.78 is 23.3. The number of nitrogens with one attached hydrogen (secondary N) is 2. The molecular weight excluding hydrogens is 462 g/mol. The highest BCUT2D eigenvalue weighted by atomic mass is 35.5. The topological polar surface area (TPSA) is 105 Å². The van der Waals surface area contributed by atoms with E-state index in [9.17, 15) is 18.0 Å². The largest absolute Gasteiger partial charge is 0.352 e. The predicted octanol–water partition coefficient (Wildman–Crippen LogP) is 4.20. The maximum atomic E-state index is 12.7. The summed E-state index contributed by atoms with van der Waals surface area (Å²) in [6, 6.07) is 14.6. The van der Waals surface area contributed by atoms with Crippen molar-refractivity contribution >= 4 is 38.9 Å². The van der Waals surface area contributed by atoms with Crippen molar-refractivity contribution in [2.45, 2.75) is 17.7 Å². The van der Waals surface area contributed by atoms with Crippen LogP contribution in [0.4, 0.5) is 5.69 Å². The first-order valence-electron chi connectivity index (χ1n) is 10.4. The standard InChI is InChI=1S/C24H22ClN3O4S/c1-33(31,32)19-8-9-20(21(25)12-19)24(30)28-18-4-2-3-16(11-18)22-10-7-17(14-26-22)23(29)27-13-15-5-6-15/h2-4,7-12,14-15H,5-6,13H2,1H3,(H,27,29)(H,28,30). The van der Waals surface area contributed by atoms with Gasteiger partial charge in [0.25, 0.3) is 11.8 Å². The van der Waals surface area contributed by atoms with Crippen LogP contribution in [-0.2, 0) is 9.84 Å². The molecule has 170 valence electrons. The molecule has 0 radical (unpaired) electrons. The van der Waals surface area contributed by atoms with E-state index in [0.29, 0.717) is 29.4 Å². The second kappa shape index (κ2) is 9.33. The van der Waals surface area contributed by atoms with E-state index in [1.54, 1.807) is 30.3 Å². The number of aromatic nitrogens is 1. The SMILES string of the molecule is CS(=O)(=O)c1ccc(C(=O)Nc2cccc(-c3ccc(C(=O)NCC4CC4)cn3)c2)c(Cl)c1. The van der Waals surface area contributed by atoms with E-state index >= 15 is 0 Å². The Labute approximate surface area is 197 Å². The average molecular weight is 484 g/mol. The predicted molar refractivity (Wildman–Crippen MR) is 127 cm³/mol. The molecule has 9 heteroatoms. The van der Waals surface area contributed by atoms with Crippen LogP contribution in [0.2, 0.25) is 5.02 Å². The lowest BCUT2D eigenvalue weighted by atomic mass is 10.1. The second-order valence-corrected chi connectivity index (χ2v) is 10.5. The van der Waals surface area contributed by atoms with Gasteiger partial charge in [0.1, 0.15) is 0 Å². The number of anilines is 1. The summed E-state index contributed by atoms with van der Waals surface area (Å²) in [5, 5.41) is 5.72. The zero-order valence-electron chi connectivity index (χ0n) is 17.8. The first kappa shape index (κ1) is 22.9. The van der Waals surface area contributed by atoms with Gasteiger partial charge in [-0.2, -0.15) is 0 Å². The van der Waals surface area contributed by atoms with Crippen LogP contribution in [0.25, 0.3) is 11.3 Å². The molecular formula is C24H22ClN3O4S.